The number of para-hydroxylation sites is 1. The van der Waals surface area contributed by atoms with Gasteiger partial charge in [0.15, 0.2) is 0 Å². The lowest BCUT2D eigenvalue weighted by molar-refractivity contribution is 0.0285. The van der Waals surface area contributed by atoms with Gasteiger partial charge < -0.3 is 15.0 Å². The normalized spacial score (nSPS) is 11.2. The Balaban J connectivity index is 1.74. The topological polar surface area (TPSA) is 76.5 Å². The van der Waals surface area contributed by atoms with Crippen LogP contribution in [0.2, 0.25) is 0 Å². The number of ether oxygens (including phenoxy) is 1. The van der Waals surface area contributed by atoms with Gasteiger partial charge in [0, 0.05) is 19.3 Å². The highest BCUT2D eigenvalue weighted by Crippen LogP contribution is 2.20. The Morgan fingerprint density at radius 1 is 1.06 bits per heavy atom. The van der Waals surface area contributed by atoms with Gasteiger partial charge in [-0.15, -0.1) is 0 Å². The van der Waals surface area contributed by atoms with Gasteiger partial charge in [0.2, 0.25) is 0 Å². The van der Waals surface area contributed by atoms with Crippen molar-refractivity contribution in [1.82, 2.24) is 14.7 Å². The number of aryl methyl sites for hydroxylation is 1. The van der Waals surface area contributed by atoms with Crippen LogP contribution in [0.25, 0.3) is 5.69 Å². The van der Waals surface area contributed by atoms with Crippen molar-refractivity contribution in [2.45, 2.75) is 46.8 Å². The molecular weight excluding hydrogens is 404 g/mol. The van der Waals surface area contributed by atoms with Gasteiger partial charge in [-0.1, -0.05) is 30.3 Å². The van der Waals surface area contributed by atoms with Crippen molar-refractivity contribution < 1.29 is 14.3 Å². The molecule has 0 spiro atoms. The molecule has 1 heterocycles. The van der Waals surface area contributed by atoms with E-state index in [1.807, 2.05) is 89.2 Å². The molecule has 0 aliphatic rings. The minimum atomic E-state index is -0.554. The molecule has 7 nitrogen and oxygen atoms in total. The van der Waals surface area contributed by atoms with Crippen LogP contribution >= 0.6 is 0 Å². The van der Waals surface area contributed by atoms with Gasteiger partial charge in [-0.2, -0.15) is 5.10 Å². The summed E-state index contributed by atoms with van der Waals surface area (Å²) in [6.07, 6.45) is -0.397. The molecule has 1 N–H and O–H groups in total. The molecule has 3 aromatic rings. The van der Waals surface area contributed by atoms with Gasteiger partial charge >= 0.3 is 6.09 Å². The number of aromatic nitrogens is 2. The van der Waals surface area contributed by atoms with Crippen molar-refractivity contribution in [3.8, 4) is 5.69 Å². The Labute approximate surface area is 189 Å². The number of anilines is 1. The number of nitrogens with zero attached hydrogens (tertiary/aromatic N) is 3. The lowest BCUT2D eigenvalue weighted by Gasteiger charge is -2.24. The highest BCUT2D eigenvalue weighted by atomic mass is 16.6. The van der Waals surface area contributed by atoms with E-state index in [9.17, 15) is 9.59 Å². The van der Waals surface area contributed by atoms with Crippen LogP contribution in [0.15, 0.2) is 54.6 Å². The van der Waals surface area contributed by atoms with Crippen LogP contribution in [0.4, 0.5) is 10.5 Å². The molecule has 0 radical (unpaired) electrons. The molecule has 3 rings (SSSR count). The summed E-state index contributed by atoms with van der Waals surface area (Å²) in [4.78, 5) is 26.8. The molecule has 0 aliphatic carbocycles. The summed E-state index contributed by atoms with van der Waals surface area (Å²) in [5, 5.41) is 7.51. The van der Waals surface area contributed by atoms with E-state index < -0.39 is 11.7 Å². The van der Waals surface area contributed by atoms with Crippen molar-refractivity contribution in [2.24, 2.45) is 0 Å². The Kier molecular flexibility index (Phi) is 6.67. The van der Waals surface area contributed by atoms with Crippen LogP contribution in [0.1, 0.15) is 48.1 Å². The summed E-state index contributed by atoms with van der Waals surface area (Å²) < 4.78 is 7.17. The zero-order valence-corrected chi connectivity index (χ0v) is 19.5. The number of hydrogen-bond donors (Lipinski definition) is 1. The average Bonchev–Trinajstić information content (AvgIpc) is 3.01. The molecule has 7 heteroatoms. The van der Waals surface area contributed by atoms with Gasteiger partial charge in [-0.05, 0) is 64.4 Å². The van der Waals surface area contributed by atoms with Gasteiger partial charge in [0.25, 0.3) is 5.91 Å². The fraction of sp³-hybridized carbons (Fsp3) is 0.320. The predicted molar refractivity (Wildman–Crippen MR) is 125 cm³/mol. The molecule has 0 aliphatic heterocycles. The molecule has 2 aromatic carbocycles. The Hall–Kier alpha value is -3.61. The molecule has 32 heavy (non-hydrogen) atoms. The minimum Gasteiger partial charge on any atom is -0.444 e. The first-order chi connectivity index (χ1) is 15.0. The van der Waals surface area contributed by atoms with E-state index >= 15 is 0 Å². The number of benzene rings is 2. The first kappa shape index (κ1) is 23.1. The quantitative estimate of drug-likeness (QED) is 0.605. The molecule has 2 amide bonds. The third-order valence-electron chi connectivity index (χ3n) is 4.83. The minimum absolute atomic E-state index is 0.222. The van der Waals surface area contributed by atoms with Crippen LogP contribution in [0, 0.1) is 13.8 Å². The molecule has 0 unspecified atom stereocenters. The van der Waals surface area contributed by atoms with Crippen LogP contribution in [0.5, 0.6) is 0 Å². The monoisotopic (exact) mass is 434 g/mol. The SMILES string of the molecule is Cc1nn(-c2ccccc2)c(C)c1C(=O)Nc1cccc(CN(C)C(=O)OC(C)(C)C)c1. The highest BCUT2D eigenvalue weighted by molar-refractivity contribution is 6.06. The molecule has 0 atom stereocenters. The van der Waals surface area contributed by atoms with Crippen molar-refractivity contribution in [2.75, 3.05) is 12.4 Å². The summed E-state index contributed by atoms with van der Waals surface area (Å²) >= 11 is 0. The van der Waals surface area contributed by atoms with Gasteiger partial charge in [-0.25, -0.2) is 9.48 Å². The second-order valence-corrected chi connectivity index (χ2v) is 8.78. The number of hydrogen-bond acceptors (Lipinski definition) is 4. The second-order valence-electron chi connectivity index (χ2n) is 8.78. The Bertz CT molecular complexity index is 1110. The molecular formula is C25H30N4O3. The number of carbonyl (C=O) groups excluding carboxylic acids is 2. The van der Waals surface area contributed by atoms with Gasteiger partial charge in [0.1, 0.15) is 5.60 Å². The first-order valence-corrected chi connectivity index (χ1v) is 10.5. The molecule has 0 bridgehead atoms. The van der Waals surface area contributed by atoms with Crippen molar-refractivity contribution >= 4 is 17.7 Å². The predicted octanol–water partition coefficient (Wildman–Crippen LogP) is 5.11. The summed E-state index contributed by atoms with van der Waals surface area (Å²) in [7, 11) is 1.68. The standard InChI is InChI=1S/C25H30N4O3/c1-17-22(18(2)29(27-17)21-13-8-7-9-14-21)23(30)26-20-12-10-11-19(15-20)16-28(6)24(31)32-25(3,4)5/h7-15H,16H2,1-6H3,(H,26,30). The maximum atomic E-state index is 13.0. The van der Waals surface area contributed by atoms with Gasteiger partial charge in [-0.3, -0.25) is 4.79 Å². The van der Waals surface area contributed by atoms with Crippen LogP contribution in [0.3, 0.4) is 0 Å². The molecule has 168 valence electrons. The summed E-state index contributed by atoms with van der Waals surface area (Å²) in [6, 6.07) is 17.1. The van der Waals surface area contributed by atoms with E-state index in [1.54, 1.807) is 11.7 Å². The number of carbonyl (C=O) groups is 2. The molecule has 1 aromatic heterocycles. The van der Waals surface area contributed by atoms with E-state index in [-0.39, 0.29) is 5.91 Å². The fourth-order valence-electron chi connectivity index (χ4n) is 3.41. The maximum absolute atomic E-state index is 13.0. The van der Waals surface area contributed by atoms with E-state index in [0.29, 0.717) is 23.5 Å². The lowest BCUT2D eigenvalue weighted by Crippen LogP contribution is -2.33. The molecule has 0 saturated heterocycles. The number of rotatable bonds is 5. The van der Waals surface area contributed by atoms with E-state index in [2.05, 4.69) is 10.4 Å². The van der Waals surface area contributed by atoms with Crippen molar-refractivity contribution in [3.63, 3.8) is 0 Å². The van der Waals surface area contributed by atoms with Crippen LogP contribution < -0.4 is 5.32 Å². The summed E-state index contributed by atoms with van der Waals surface area (Å²) in [5.41, 5.74) is 3.85. The largest absolute Gasteiger partial charge is 0.444 e. The maximum Gasteiger partial charge on any atom is 0.410 e. The highest BCUT2D eigenvalue weighted by Gasteiger charge is 2.21. The fourth-order valence-corrected chi connectivity index (χ4v) is 3.41. The summed E-state index contributed by atoms with van der Waals surface area (Å²) in [6.45, 7) is 9.57. The van der Waals surface area contributed by atoms with Crippen molar-refractivity contribution in [1.29, 1.82) is 0 Å². The third-order valence-corrected chi connectivity index (χ3v) is 4.83. The van der Waals surface area contributed by atoms with E-state index in [0.717, 1.165) is 16.9 Å². The zero-order chi connectivity index (χ0) is 23.5. The third kappa shape index (κ3) is 5.55. The Morgan fingerprint density at radius 2 is 1.75 bits per heavy atom. The van der Waals surface area contributed by atoms with Crippen LogP contribution in [-0.2, 0) is 11.3 Å². The van der Waals surface area contributed by atoms with E-state index in [1.165, 1.54) is 4.90 Å². The van der Waals surface area contributed by atoms with Crippen molar-refractivity contribution in [3.05, 3.63) is 77.1 Å². The van der Waals surface area contributed by atoms with Crippen LogP contribution in [-0.4, -0.2) is 39.3 Å². The first-order valence-electron chi connectivity index (χ1n) is 10.5. The average molecular weight is 435 g/mol. The second kappa shape index (κ2) is 9.26. The molecule has 0 saturated carbocycles. The number of amides is 2. The van der Waals surface area contributed by atoms with Gasteiger partial charge in [0.05, 0.1) is 22.6 Å². The molecule has 0 fully saturated rings. The Morgan fingerprint density at radius 3 is 2.41 bits per heavy atom. The lowest BCUT2D eigenvalue weighted by atomic mass is 10.1. The smallest absolute Gasteiger partial charge is 0.410 e. The van der Waals surface area contributed by atoms with E-state index in [4.69, 9.17) is 4.74 Å². The zero-order valence-electron chi connectivity index (χ0n) is 19.5. The summed E-state index contributed by atoms with van der Waals surface area (Å²) in [5.74, 6) is -0.222. The number of nitrogens with one attached hydrogen (secondary N) is 1.